The molecule has 3 aromatic rings. The van der Waals surface area contributed by atoms with Crippen molar-refractivity contribution in [3.05, 3.63) is 76.1 Å². The highest BCUT2D eigenvalue weighted by atomic mass is 32.2. The highest BCUT2D eigenvalue weighted by Crippen LogP contribution is 2.34. The van der Waals surface area contributed by atoms with E-state index in [0.717, 1.165) is 17.5 Å². The first-order chi connectivity index (χ1) is 14.7. The molecular formula is C20H21N5O5S. The minimum Gasteiger partial charge on any atom is -0.434 e. The number of hydrogen-bond donors (Lipinski definition) is 2. The molecule has 0 spiro atoms. The first-order valence-electron chi connectivity index (χ1n) is 9.29. The Kier molecular flexibility index (Phi) is 6.47. The molecule has 1 heterocycles. The molecule has 0 amide bonds. The van der Waals surface area contributed by atoms with Crippen LogP contribution in [0, 0.1) is 17.0 Å². The van der Waals surface area contributed by atoms with Gasteiger partial charge in [0.25, 0.3) is 10.0 Å². The number of rotatable bonds is 8. The maximum atomic E-state index is 12.4. The molecule has 3 rings (SSSR count). The number of nitrogens with zero attached hydrogens (tertiary/aromatic N) is 3. The largest absolute Gasteiger partial charge is 0.434 e. The van der Waals surface area contributed by atoms with Gasteiger partial charge in [0.15, 0.2) is 0 Å². The standard InChI is InChI=1S/C20H21N5O5S/c1-13(2)15-6-8-16(9-7-15)30-20-18(25(26)27)19(21-12-22-20)23-24-31(28,29)17-10-4-14(3)5-11-17/h4-13,24H,1-3H3,(H,21,22,23). The molecule has 0 aliphatic heterocycles. The zero-order chi connectivity index (χ0) is 22.6. The Morgan fingerprint density at radius 1 is 1.03 bits per heavy atom. The van der Waals surface area contributed by atoms with Crippen LogP contribution in [0.25, 0.3) is 0 Å². The number of nitro groups is 1. The molecule has 0 fully saturated rings. The number of aryl methyl sites for hydroxylation is 1. The van der Waals surface area contributed by atoms with Crippen molar-refractivity contribution in [1.82, 2.24) is 14.8 Å². The molecule has 0 saturated carbocycles. The Bertz CT molecular complexity index is 1180. The molecule has 31 heavy (non-hydrogen) atoms. The number of anilines is 1. The van der Waals surface area contributed by atoms with Crippen LogP contribution in [0.5, 0.6) is 11.6 Å². The van der Waals surface area contributed by atoms with Crippen LogP contribution in [0.3, 0.4) is 0 Å². The first-order valence-corrected chi connectivity index (χ1v) is 10.8. The van der Waals surface area contributed by atoms with Crippen LogP contribution in [0.1, 0.15) is 30.9 Å². The Labute approximate surface area is 179 Å². The lowest BCUT2D eigenvalue weighted by Gasteiger charge is -2.11. The van der Waals surface area contributed by atoms with Crippen LogP contribution >= 0.6 is 0 Å². The highest BCUT2D eigenvalue weighted by molar-refractivity contribution is 7.89. The van der Waals surface area contributed by atoms with Crippen LogP contribution in [0.15, 0.2) is 59.8 Å². The molecule has 0 saturated heterocycles. The fraction of sp³-hybridized carbons (Fsp3) is 0.200. The molecule has 11 heteroatoms. The van der Waals surface area contributed by atoms with Crippen LogP contribution < -0.4 is 15.0 Å². The second-order valence-electron chi connectivity index (χ2n) is 7.00. The van der Waals surface area contributed by atoms with Crippen molar-refractivity contribution in [1.29, 1.82) is 0 Å². The Hall–Kier alpha value is -3.57. The summed E-state index contributed by atoms with van der Waals surface area (Å²) in [5, 5.41) is 11.6. The monoisotopic (exact) mass is 443 g/mol. The molecule has 0 radical (unpaired) electrons. The van der Waals surface area contributed by atoms with Crippen molar-refractivity contribution in [3.8, 4) is 11.6 Å². The summed E-state index contributed by atoms with van der Waals surface area (Å²) in [5.74, 6) is -0.0176. The average Bonchev–Trinajstić information content (AvgIpc) is 2.73. The van der Waals surface area contributed by atoms with Gasteiger partial charge in [-0.25, -0.2) is 13.4 Å². The van der Waals surface area contributed by atoms with Crippen molar-refractivity contribution < 1.29 is 18.1 Å². The van der Waals surface area contributed by atoms with Gasteiger partial charge in [0, 0.05) is 0 Å². The van der Waals surface area contributed by atoms with Gasteiger partial charge in [-0.1, -0.05) is 43.7 Å². The van der Waals surface area contributed by atoms with Gasteiger partial charge in [-0.3, -0.25) is 15.5 Å². The minimum absolute atomic E-state index is 0.0102. The van der Waals surface area contributed by atoms with Gasteiger partial charge in [0.05, 0.1) is 9.82 Å². The zero-order valence-corrected chi connectivity index (χ0v) is 17.9. The number of sulfonamides is 1. The summed E-state index contributed by atoms with van der Waals surface area (Å²) in [6.07, 6.45) is 1.04. The number of hydrogen-bond acceptors (Lipinski definition) is 8. The maximum Gasteiger partial charge on any atom is 0.374 e. The molecule has 0 bridgehead atoms. The lowest BCUT2D eigenvalue weighted by molar-refractivity contribution is -0.385. The van der Waals surface area contributed by atoms with Crippen molar-refractivity contribution in [2.75, 3.05) is 5.43 Å². The third-order valence-corrected chi connectivity index (χ3v) is 5.63. The van der Waals surface area contributed by atoms with E-state index < -0.39 is 20.6 Å². The lowest BCUT2D eigenvalue weighted by Crippen LogP contribution is -2.30. The van der Waals surface area contributed by atoms with Gasteiger partial charge < -0.3 is 4.74 Å². The van der Waals surface area contributed by atoms with Gasteiger partial charge in [-0.2, -0.15) is 4.98 Å². The van der Waals surface area contributed by atoms with Crippen molar-refractivity contribution in [3.63, 3.8) is 0 Å². The van der Waals surface area contributed by atoms with Gasteiger partial charge in [-0.05, 0) is 42.7 Å². The Morgan fingerprint density at radius 2 is 1.68 bits per heavy atom. The molecule has 0 unspecified atom stereocenters. The fourth-order valence-corrected chi connectivity index (χ4v) is 3.46. The van der Waals surface area contributed by atoms with Crippen LogP contribution in [0.4, 0.5) is 11.5 Å². The van der Waals surface area contributed by atoms with E-state index in [1.165, 1.54) is 12.1 Å². The number of hydrazine groups is 1. The van der Waals surface area contributed by atoms with E-state index in [2.05, 4.69) is 20.2 Å². The van der Waals surface area contributed by atoms with E-state index in [0.29, 0.717) is 11.7 Å². The van der Waals surface area contributed by atoms with E-state index in [1.54, 1.807) is 24.3 Å². The number of aromatic nitrogens is 2. The van der Waals surface area contributed by atoms with Gasteiger partial charge in [0.1, 0.15) is 12.1 Å². The molecule has 10 nitrogen and oxygen atoms in total. The minimum atomic E-state index is -3.99. The van der Waals surface area contributed by atoms with Crippen LogP contribution in [-0.2, 0) is 10.0 Å². The van der Waals surface area contributed by atoms with E-state index >= 15 is 0 Å². The summed E-state index contributed by atoms with van der Waals surface area (Å²) >= 11 is 0. The van der Waals surface area contributed by atoms with Crippen molar-refractivity contribution in [2.24, 2.45) is 0 Å². The SMILES string of the molecule is Cc1ccc(S(=O)(=O)NNc2ncnc(Oc3ccc(C(C)C)cc3)c2[N+](=O)[O-])cc1. The number of ether oxygens (including phenoxy) is 1. The average molecular weight is 443 g/mol. The fourth-order valence-electron chi connectivity index (χ4n) is 2.62. The van der Waals surface area contributed by atoms with Crippen LogP contribution in [0.2, 0.25) is 0 Å². The second-order valence-corrected chi connectivity index (χ2v) is 8.68. The molecule has 0 atom stereocenters. The third kappa shape index (κ3) is 5.32. The van der Waals surface area contributed by atoms with Crippen LogP contribution in [-0.4, -0.2) is 23.3 Å². The molecule has 162 valence electrons. The number of benzene rings is 2. The Balaban J connectivity index is 1.84. The summed E-state index contributed by atoms with van der Waals surface area (Å²) in [4.78, 5) is 20.6. The zero-order valence-electron chi connectivity index (χ0n) is 17.1. The predicted octanol–water partition coefficient (Wildman–Crippen LogP) is 3.91. The normalized spacial score (nSPS) is 11.4. The molecule has 2 N–H and O–H groups in total. The van der Waals surface area contributed by atoms with Gasteiger partial charge in [-0.15, -0.1) is 4.83 Å². The molecule has 2 aromatic carbocycles. The Morgan fingerprint density at radius 3 is 2.26 bits per heavy atom. The summed E-state index contributed by atoms with van der Waals surface area (Å²) in [6, 6.07) is 13.2. The van der Waals surface area contributed by atoms with E-state index in [-0.39, 0.29) is 16.6 Å². The summed E-state index contributed by atoms with van der Waals surface area (Å²) in [6.45, 7) is 5.91. The summed E-state index contributed by atoms with van der Waals surface area (Å²) in [5.41, 5.74) is 3.65. The molecule has 0 aliphatic carbocycles. The first kappa shape index (κ1) is 22.1. The lowest BCUT2D eigenvalue weighted by atomic mass is 10.0. The predicted molar refractivity (Wildman–Crippen MR) is 114 cm³/mol. The topological polar surface area (TPSA) is 136 Å². The highest BCUT2D eigenvalue weighted by Gasteiger charge is 2.26. The second kappa shape index (κ2) is 9.06. The maximum absolute atomic E-state index is 12.4. The third-order valence-electron chi connectivity index (χ3n) is 4.37. The molecular weight excluding hydrogens is 422 g/mol. The van der Waals surface area contributed by atoms with Crippen molar-refractivity contribution in [2.45, 2.75) is 31.6 Å². The van der Waals surface area contributed by atoms with Gasteiger partial charge in [0.2, 0.25) is 5.82 Å². The van der Waals surface area contributed by atoms with E-state index in [9.17, 15) is 18.5 Å². The summed E-state index contributed by atoms with van der Waals surface area (Å²) < 4.78 is 30.5. The number of nitrogens with one attached hydrogen (secondary N) is 2. The van der Waals surface area contributed by atoms with Gasteiger partial charge >= 0.3 is 11.6 Å². The smallest absolute Gasteiger partial charge is 0.374 e. The van der Waals surface area contributed by atoms with Crippen molar-refractivity contribution >= 4 is 21.5 Å². The van der Waals surface area contributed by atoms with E-state index in [1.807, 2.05) is 32.9 Å². The molecule has 0 aliphatic rings. The summed E-state index contributed by atoms with van der Waals surface area (Å²) in [7, 11) is -3.99. The quantitative estimate of drug-likeness (QED) is 0.395. The van der Waals surface area contributed by atoms with E-state index in [4.69, 9.17) is 4.74 Å². The molecule has 1 aromatic heterocycles.